The van der Waals surface area contributed by atoms with Gasteiger partial charge in [-0.25, -0.2) is 4.98 Å². The smallest absolute Gasteiger partial charge is 0.224 e. The fourth-order valence-corrected chi connectivity index (χ4v) is 2.78. The van der Waals surface area contributed by atoms with E-state index < -0.39 is 0 Å². The van der Waals surface area contributed by atoms with E-state index in [0.29, 0.717) is 11.5 Å². The summed E-state index contributed by atoms with van der Waals surface area (Å²) in [6, 6.07) is 22.0. The van der Waals surface area contributed by atoms with Crippen molar-refractivity contribution in [2.75, 3.05) is 11.5 Å². The van der Waals surface area contributed by atoms with E-state index in [-0.39, 0.29) is 5.95 Å². The predicted octanol–water partition coefficient (Wildman–Crippen LogP) is 3.52. The molecule has 2 aromatic heterocycles. The lowest BCUT2D eigenvalue weighted by molar-refractivity contribution is 1.20. The molecule has 24 heavy (non-hydrogen) atoms. The first-order valence-corrected chi connectivity index (χ1v) is 7.57. The number of nitrogen functional groups attached to an aromatic ring is 2. The monoisotopic (exact) mass is 313 g/mol. The van der Waals surface area contributed by atoms with Gasteiger partial charge in [-0.15, -0.1) is 0 Å². The number of rotatable bonds is 2. The van der Waals surface area contributed by atoms with Crippen molar-refractivity contribution in [1.29, 1.82) is 0 Å². The molecule has 4 rings (SSSR count). The van der Waals surface area contributed by atoms with E-state index in [1.54, 1.807) is 0 Å². The van der Waals surface area contributed by atoms with E-state index in [1.165, 1.54) is 0 Å². The number of benzene rings is 2. The summed E-state index contributed by atoms with van der Waals surface area (Å²) in [5, 5.41) is 0.718. The average molecular weight is 313 g/mol. The Bertz CT molecular complexity index is 1010. The normalized spacial score (nSPS) is 10.8. The van der Waals surface area contributed by atoms with Crippen LogP contribution in [0.2, 0.25) is 0 Å². The molecule has 0 aliphatic carbocycles. The Hall–Kier alpha value is -3.47. The summed E-state index contributed by atoms with van der Waals surface area (Å²) in [5.74, 6) is 0.459. The zero-order valence-corrected chi connectivity index (χ0v) is 12.8. The van der Waals surface area contributed by atoms with Gasteiger partial charge in [0.25, 0.3) is 0 Å². The quantitative estimate of drug-likeness (QED) is 0.591. The molecule has 2 aromatic carbocycles. The van der Waals surface area contributed by atoms with Crippen molar-refractivity contribution in [3.8, 4) is 22.4 Å². The highest BCUT2D eigenvalue weighted by Gasteiger charge is 2.14. The summed E-state index contributed by atoms with van der Waals surface area (Å²) in [6.45, 7) is 0. The highest BCUT2D eigenvalue weighted by molar-refractivity contribution is 6.01. The molecule has 0 atom stereocenters. The number of fused-ring (bicyclic) bond motifs is 1. The largest absolute Gasteiger partial charge is 0.383 e. The minimum absolute atomic E-state index is 0.122. The Kier molecular flexibility index (Phi) is 3.31. The number of nitrogens with two attached hydrogens (primary N) is 2. The van der Waals surface area contributed by atoms with Gasteiger partial charge in [0.2, 0.25) is 5.95 Å². The van der Waals surface area contributed by atoms with Gasteiger partial charge in [-0.05, 0) is 17.2 Å². The lowest BCUT2D eigenvalue weighted by atomic mass is 10.00. The second kappa shape index (κ2) is 5.62. The Morgan fingerprint density at radius 2 is 1.29 bits per heavy atom. The van der Waals surface area contributed by atoms with E-state index in [0.717, 1.165) is 27.8 Å². The van der Waals surface area contributed by atoms with Crippen LogP contribution in [0.5, 0.6) is 0 Å². The van der Waals surface area contributed by atoms with Crippen LogP contribution in [0.25, 0.3) is 33.4 Å². The van der Waals surface area contributed by atoms with E-state index in [4.69, 9.17) is 11.5 Å². The summed E-state index contributed by atoms with van der Waals surface area (Å²) in [5.41, 5.74) is 16.2. The van der Waals surface area contributed by atoms with Crippen LogP contribution in [-0.2, 0) is 0 Å². The Morgan fingerprint density at radius 1 is 0.667 bits per heavy atom. The molecule has 4 aromatic rings. The lowest BCUT2D eigenvalue weighted by Crippen LogP contribution is -2.03. The fourth-order valence-electron chi connectivity index (χ4n) is 2.78. The standard InChI is InChI=1S/C19H15N5/c20-17-16-14(12-7-3-1-4-8-12)11-15(13-9-5-2-6-10-13)22-18(16)24-19(21)23-17/h1-11H,(H4,20,21,22,23,24). The molecule has 5 heteroatoms. The van der Waals surface area contributed by atoms with Crippen molar-refractivity contribution in [3.05, 3.63) is 66.7 Å². The molecule has 2 heterocycles. The summed E-state index contributed by atoms with van der Waals surface area (Å²) in [6.07, 6.45) is 0. The van der Waals surface area contributed by atoms with Gasteiger partial charge < -0.3 is 11.5 Å². The van der Waals surface area contributed by atoms with Crippen LogP contribution in [0.3, 0.4) is 0 Å². The molecule has 116 valence electrons. The number of pyridine rings is 1. The van der Waals surface area contributed by atoms with Crippen molar-refractivity contribution < 1.29 is 0 Å². The highest BCUT2D eigenvalue weighted by Crippen LogP contribution is 2.33. The Balaban J connectivity index is 2.08. The summed E-state index contributed by atoms with van der Waals surface area (Å²) < 4.78 is 0. The second-order valence-corrected chi connectivity index (χ2v) is 5.45. The number of aromatic nitrogens is 3. The second-order valence-electron chi connectivity index (χ2n) is 5.45. The number of anilines is 2. The minimum Gasteiger partial charge on any atom is -0.383 e. The highest BCUT2D eigenvalue weighted by atomic mass is 15.1. The van der Waals surface area contributed by atoms with Crippen molar-refractivity contribution >= 4 is 22.8 Å². The molecule has 0 aliphatic rings. The van der Waals surface area contributed by atoms with Crippen LogP contribution < -0.4 is 11.5 Å². The van der Waals surface area contributed by atoms with Gasteiger partial charge in [-0.3, -0.25) is 0 Å². The average Bonchev–Trinajstić information content (AvgIpc) is 2.62. The third-order valence-electron chi connectivity index (χ3n) is 3.87. The van der Waals surface area contributed by atoms with E-state index in [1.807, 2.05) is 66.7 Å². The molecule has 0 bridgehead atoms. The maximum absolute atomic E-state index is 6.11. The van der Waals surface area contributed by atoms with Crippen LogP contribution >= 0.6 is 0 Å². The summed E-state index contributed by atoms with van der Waals surface area (Å²) >= 11 is 0. The molecule has 5 nitrogen and oxygen atoms in total. The van der Waals surface area contributed by atoms with Crippen molar-refractivity contribution in [2.24, 2.45) is 0 Å². The molecular weight excluding hydrogens is 298 g/mol. The minimum atomic E-state index is 0.122. The Labute approximate surface area is 139 Å². The fraction of sp³-hybridized carbons (Fsp3) is 0. The zero-order valence-electron chi connectivity index (χ0n) is 12.8. The Morgan fingerprint density at radius 3 is 1.96 bits per heavy atom. The molecule has 0 amide bonds. The topological polar surface area (TPSA) is 90.7 Å². The van der Waals surface area contributed by atoms with Crippen molar-refractivity contribution in [3.63, 3.8) is 0 Å². The molecule has 0 unspecified atom stereocenters. The molecule has 0 saturated heterocycles. The van der Waals surface area contributed by atoms with Crippen LogP contribution in [0, 0.1) is 0 Å². The predicted molar refractivity (Wildman–Crippen MR) is 97.0 cm³/mol. The van der Waals surface area contributed by atoms with Crippen LogP contribution in [0.4, 0.5) is 11.8 Å². The van der Waals surface area contributed by atoms with Crippen molar-refractivity contribution in [1.82, 2.24) is 15.0 Å². The molecule has 4 N–H and O–H groups in total. The van der Waals surface area contributed by atoms with Crippen LogP contribution in [0.1, 0.15) is 0 Å². The van der Waals surface area contributed by atoms with E-state index >= 15 is 0 Å². The number of hydrogen-bond donors (Lipinski definition) is 2. The van der Waals surface area contributed by atoms with Gasteiger partial charge >= 0.3 is 0 Å². The SMILES string of the molecule is Nc1nc(N)c2c(-c3ccccc3)cc(-c3ccccc3)nc2n1. The third-order valence-corrected chi connectivity index (χ3v) is 3.87. The third kappa shape index (κ3) is 2.42. The van der Waals surface area contributed by atoms with Gasteiger partial charge in [0, 0.05) is 5.56 Å². The summed E-state index contributed by atoms with van der Waals surface area (Å²) in [7, 11) is 0. The molecule has 0 spiro atoms. The van der Waals surface area contributed by atoms with Gasteiger partial charge in [-0.1, -0.05) is 60.7 Å². The summed E-state index contributed by atoms with van der Waals surface area (Å²) in [4.78, 5) is 13.0. The molecule has 0 saturated carbocycles. The van der Waals surface area contributed by atoms with E-state index in [2.05, 4.69) is 15.0 Å². The first-order chi connectivity index (χ1) is 11.7. The maximum Gasteiger partial charge on any atom is 0.224 e. The van der Waals surface area contributed by atoms with Gasteiger partial charge in [0.1, 0.15) is 5.82 Å². The number of nitrogens with zero attached hydrogens (tertiary/aromatic N) is 3. The molecule has 0 fully saturated rings. The van der Waals surface area contributed by atoms with Gasteiger partial charge in [0.05, 0.1) is 11.1 Å². The molecule has 0 radical (unpaired) electrons. The van der Waals surface area contributed by atoms with Gasteiger partial charge in [0.15, 0.2) is 5.65 Å². The van der Waals surface area contributed by atoms with Crippen LogP contribution in [-0.4, -0.2) is 15.0 Å². The van der Waals surface area contributed by atoms with Gasteiger partial charge in [-0.2, -0.15) is 9.97 Å². The van der Waals surface area contributed by atoms with Crippen molar-refractivity contribution in [2.45, 2.75) is 0 Å². The molecule has 0 aliphatic heterocycles. The molecular formula is C19H15N5. The lowest BCUT2D eigenvalue weighted by Gasteiger charge is -2.11. The first-order valence-electron chi connectivity index (χ1n) is 7.57. The van der Waals surface area contributed by atoms with Crippen LogP contribution in [0.15, 0.2) is 66.7 Å². The number of hydrogen-bond acceptors (Lipinski definition) is 5. The maximum atomic E-state index is 6.11. The zero-order chi connectivity index (χ0) is 16.5. The van der Waals surface area contributed by atoms with E-state index in [9.17, 15) is 0 Å². The first kappa shape index (κ1) is 14.1.